The molecule has 0 atom stereocenters. The van der Waals surface area contributed by atoms with Crippen LogP contribution < -0.4 is 21.5 Å². The zero-order valence-electron chi connectivity index (χ0n) is 16.0. The molecule has 0 unspecified atom stereocenters. The van der Waals surface area contributed by atoms with Gasteiger partial charge in [-0.25, -0.2) is 9.97 Å². The molecule has 2 aromatic heterocycles. The molecule has 1 aromatic carbocycles. The highest BCUT2D eigenvalue weighted by molar-refractivity contribution is 5.92. The molecule has 0 radical (unpaired) electrons. The minimum Gasteiger partial charge on any atom is -0.459 e. The predicted octanol–water partition coefficient (Wildman–Crippen LogP) is 2.87. The first kappa shape index (κ1) is 18.8. The number of rotatable bonds is 6. The van der Waals surface area contributed by atoms with Gasteiger partial charge in [0.2, 0.25) is 0 Å². The Balaban J connectivity index is 1.35. The highest BCUT2D eigenvalue weighted by Crippen LogP contribution is 2.30. The van der Waals surface area contributed by atoms with E-state index in [1.165, 1.54) is 18.2 Å². The van der Waals surface area contributed by atoms with Crippen LogP contribution in [-0.2, 0) is 6.42 Å². The molecule has 3 heterocycles. The topological polar surface area (TPSA) is 109 Å². The van der Waals surface area contributed by atoms with E-state index in [4.69, 9.17) is 10.2 Å². The van der Waals surface area contributed by atoms with Crippen molar-refractivity contribution in [3.05, 3.63) is 66.4 Å². The fraction of sp³-hybridized carbons (Fsp3) is 0.286. The molecule has 0 bridgehead atoms. The quantitative estimate of drug-likeness (QED) is 0.553. The van der Waals surface area contributed by atoms with E-state index in [-0.39, 0.29) is 5.76 Å². The number of nitrogens with one attached hydrogen (secondary N) is 2. The molecule has 1 aliphatic rings. The summed E-state index contributed by atoms with van der Waals surface area (Å²) in [6.45, 7) is 1.77. The van der Waals surface area contributed by atoms with Crippen molar-refractivity contribution in [2.45, 2.75) is 19.3 Å². The minimum atomic E-state index is -0.406. The Hall–Kier alpha value is -3.55. The Morgan fingerprint density at radius 2 is 1.93 bits per heavy atom. The molecule has 0 spiro atoms. The Bertz CT molecular complexity index is 937. The molecule has 29 heavy (non-hydrogen) atoms. The van der Waals surface area contributed by atoms with Crippen molar-refractivity contribution in [3.63, 3.8) is 0 Å². The maximum absolute atomic E-state index is 12.0. The van der Waals surface area contributed by atoms with Gasteiger partial charge in [0.25, 0.3) is 0 Å². The van der Waals surface area contributed by atoms with E-state index >= 15 is 0 Å². The normalized spacial score (nSPS) is 14.6. The number of amides is 1. The average molecular weight is 392 g/mol. The van der Waals surface area contributed by atoms with E-state index in [0.29, 0.717) is 23.2 Å². The maximum Gasteiger partial charge on any atom is 0.305 e. The number of carbonyl (C=O) groups excluding carboxylic acids is 1. The molecular formula is C21H24N6O2. The van der Waals surface area contributed by atoms with E-state index in [2.05, 4.69) is 50.0 Å². The summed E-state index contributed by atoms with van der Waals surface area (Å²) in [4.78, 5) is 22.7. The molecule has 0 saturated carbocycles. The smallest absolute Gasteiger partial charge is 0.305 e. The number of furan rings is 1. The average Bonchev–Trinajstić information content (AvgIpc) is 3.29. The zero-order chi connectivity index (χ0) is 20.1. The first-order valence-electron chi connectivity index (χ1n) is 9.70. The third-order valence-electron chi connectivity index (χ3n) is 5.18. The molecule has 3 aromatic rings. The number of hydrazine groups is 1. The van der Waals surface area contributed by atoms with Gasteiger partial charge in [-0.05, 0) is 42.9 Å². The van der Waals surface area contributed by atoms with Gasteiger partial charge in [-0.1, -0.05) is 30.3 Å². The number of benzene rings is 1. The molecule has 150 valence electrons. The third-order valence-corrected chi connectivity index (χ3v) is 5.18. The third kappa shape index (κ3) is 4.48. The second-order valence-corrected chi connectivity index (χ2v) is 7.14. The number of nitrogens with zero attached hydrogens (tertiary/aromatic N) is 3. The Labute approximate surface area is 169 Å². The van der Waals surface area contributed by atoms with Crippen molar-refractivity contribution in [2.75, 3.05) is 29.1 Å². The lowest BCUT2D eigenvalue weighted by Gasteiger charge is -2.33. The summed E-state index contributed by atoms with van der Waals surface area (Å²) in [7, 11) is 0. The molecule has 1 aliphatic heterocycles. The first-order chi connectivity index (χ1) is 14.2. The van der Waals surface area contributed by atoms with Crippen molar-refractivity contribution in [1.29, 1.82) is 0 Å². The highest BCUT2D eigenvalue weighted by Gasteiger charge is 2.23. The van der Waals surface area contributed by atoms with E-state index in [1.807, 2.05) is 6.07 Å². The van der Waals surface area contributed by atoms with E-state index < -0.39 is 5.91 Å². The number of nitrogen functional groups attached to an aromatic ring is 1. The summed E-state index contributed by atoms with van der Waals surface area (Å²) < 4.78 is 5.06. The molecular weight excluding hydrogens is 368 g/mol. The summed E-state index contributed by atoms with van der Waals surface area (Å²) in [5, 5.41) is 0. The van der Waals surface area contributed by atoms with Gasteiger partial charge < -0.3 is 15.1 Å². The Morgan fingerprint density at radius 3 is 2.66 bits per heavy atom. The van der Waals surface area contributed by atoms with E-state index in [9.17, 15) is 4.79 Å². The standard InChI is InChI=1S/C21H24N6O2/c22-18-19(25-26-21(28)17-7-4-12-29-17)23-14-24-20(18)27-10-8-16(9-11-27)13-15-5-2-1-3-6-15/h1-7,12,14,16H,8-11,13,22H2,(H,26,28)(H,23,24,25). The van der Waals surface area contributed by atoms with Crippen molar-refractivity contribution >= 4 is 23.2 Å². The second kappa shape index (κ2) is 8.64. The number of carbonyl (C=O) groups is 1. The van der Waals surface area contributed by atoms with Crippen LogP contribution in [0.25, 0.3) is 0 Å². The maximum atomic E-state index is 12.0. The van der Waals surface area contributed by atoms with Crippen molar-refractivity contribution in [1.82, 2.24) is 15.4 Å². The van der Waals surface area contributed by atoms with E-state index in [1.54, 1.807) is 12.1 Å². The number of aromatic nitrogens is 2. The molecule has 1 fully saturated rings. The van der Waals surface area contributed by atoms with Gasteiger partial charge in [0.1, 0.15) is 12.0 Å². The summed E-state index contributed by atoms with van der Waals surface area (Å²) in [5.41, 5.74) is 13.4. The predicted molar refractivity (Wildman–Crippen MR) is 111 cm³/mol. The van der Waals surface area contributed by atoms with Gasteiger partial charge in [0.05, 0.1) is 6.26 Å². The molecule has 8 heteroatoms. The number of anilines is 3. The van der Waals surface area contributed by atoms with Crippen LogP contribution in [-0.4, -0.2) is 29.0 Å². The van der Waals surface area contributed by atoms with Crippen molar-refractivity contribution in [2.24, 2.45) is 5.92 Å². The molecule has 0 aliphatic carbocycles. The van der Waals surface area contributed by atoms with Crippen LogP contribution in [0.1, 0.15) is 29.0 Å². The van der Waals surface area contributed by atoms with Crippen LogP contribution in [0.15, 0.2) is 59.5 Å². The Morgan fingerprint density at radius 1 is 1.14 bits per heavy atom. The SMILES string of the molecule is Nc1c(NNC(=O)c2ccco2)ncnc1N1CCC(Cc2ccccc2)CC1. The van der Waals surface area contributed by atoms with Crippen molar-refractivity contribution < 1.29 is 9.21 Å². The largest absolute Gasteiger partial charge is 0.459 e. The summed E-state index contributed by atoms with van der Waals surface area (Å²) in [6, 6.07) is 13.8. The fourth-order valence-corrected chi connectivity index (χ4v) is 3.62. The fourth-order valence-electron chi connectivity index (χ4n) is 3.62. The lowest BCUT2D eigenvalue weighted by atomic mass is 9.90. The second-order valence-electron chi connectivity index (χ2n) is 7.14. The van der Waals surface area contributed by atoms with Gasteiger partial charge in [-0.15, -0.1) is 0 Å². The van der Waals surface area contributed by atoms with Crippen LogP contribution >= 0.6 is 0 Å². The molecule has 4 rings (SSSR count). The van der Waals surface area contributed by atoms with Crippen LogP contribution in [0.4, 0.5) is 17.3 Å². The number of hydrogen-bond donors (Lipinski definition) is 3. The van der Waals surface area contributed by atoms with Crippen molar-refractivity contribution in [3.8, 4) is 0 Å². The molecule has 4 N–H and O–H groups in total. The molecule has 8 nitrogen and oxygen atoms in total. The number of piperidine rings is 1. The van der Waals surface area contributed by atoms with E-state index in [0.717, 1.165) is 32.4 Å². The van der Waals surface area contributed by atoms with Crippen LogP contribution in [0.2, 0.25) is 0 Å². The molecule has 1 saturated heterocycles. The summed E-state index contributed by atoms with van der Waals surface area (Å²) >= 11 is 0. The number of nitrogens with two attached hydrogens (primary N) is 1. The van der Waals surface area contributed by atoms with Crippen LogP contribution in [0.3, 0.4) is 0 Å². The van der Waals surface area contributed by atoms with Gasteiger partial charge in [0.15, 0.2) is 17.4 Å². The van der Waals surface area contributed by atoms with Crippen LogP contribution in [0.5, 0.6) is 0 Å². The first-order valence-corrected chi connectivity index (χ1v) is 9.70. The molecule has 1 amide bonds. The van der Waals surface area contributed by atoms with Gasteiger partial charge in [0, 0.05) is 13.1 Å². The lowest BCUT2D eigenvalue weighted by molar-refractivity contribution is 0.0935. The van der Waals surface area contributed by atoms with Gasteiger partial charge in [-0.3, -0.25) is 15.6 Å². The summed E-state index contributed by atoms with van der Waals surface area (Å²) in [6.07, 6.45) is 6.14. The zero-order valence-corrected chi connectivity index (χ0v) is 16.0. The van der Waals surface area contributed by atoms with Crippen LogP contribution in [0, 0.1) is 5.92 Å². The van der Waals surface area contributed by atoms with Gasteiger partial charge >= 0.3 is 5.91 Å². The summed E-state index contributed by atoms with van der Waals surface area (Å²) in [5.74, 6) is 1.50. The van der Waals surface area contributed by atoms with Gasteiger partial charge in [-0.2, -0.15) is 0 Å². The minimum absolute atomic E-state index is 0.200. The monoisotopic (exact) mass is 392 g/mol. The Kier molecular flexibility index (Phi) is 5.60. The highest BCUT2D eigenvalue weighted by atomic mass is 16.3. The lowest BCUT2D eigenvalue weighted by Crippen LogP contribution is -2.36. The number of hydrogen-bond acceptors (Lipinski definition) is 7.